The zero-order valence-electron chi connectivity index (χ0n) is 15.3. The molecule has 3 aromatic carbocycles. The monoisotopic (exact) mass is 388 g/mol. The Labute approximate surface area is 166 Å². The molecule has 3 aromatic rings. The third-order valence-electron chi connectivity index (χ3n) is 4.37. The first-order chi connectivity index (χ1) is 14.1. The number of amides is 2. The number of hydrogen-bond acceptors (Lipinski definition) is 3. The molecule has 0 aliphatic carbocycles. The molecule has 0 saturated heterocycles. The van der Waals surface area contributed by atoms with E-state index in [0.29, 0.717) is 22.6 Å². The van der Waals surface area contributed by atoms with E-state index in [1.165, 1.54) is 12.1 Å². The van der Waals surface area contributed by atoms with E-state index < -0.39 is 5.91 Å². The smallest absolute Gasteiger partial charge is 0.291 e. The summed E-state index contributed by atoms with van der Waals surface area (Å²) in [6.45, 7) is 0.195. The van der Waals surface area contributed by atoms with E-state index in [-0.39, 0.29) is 24.0 Å². The number of fused-ring (bicyclic) bond motifs is 1. The van der Waals surface area contributed by atoms with Crippen LogP contribution in [-0.2, 0) is 11.3 Å². The Balaban J connectivity index is 1.48. The van der Waals surface area contributed by atoms with Gasteiger partial charge in [-0.05, 0) is 47.5 Å². The average molecular weight is 388 g/mol. The second-order valence-electron chi connectivity index (χ2n) is 6.50. The Kier molecular flexibility index (Phi) is 5.07. The predicted octanol–water partition coefficient (Wildman–Crippen LogP) is 4.13. The fourth-order valence-corrected chi connectivity index (χ4v) is 2.93. The second-order valence-corrected chi connectivity index (χ2v) is 6.50. The zero-order valence-corrected chi connectivity index (χ0v) is 15.3. The average Bonchev–Trinajstić information content (AvgIpc) is 2.73. The molecule has 6 heteroatoms. The molecule has 0 fully saturated rings. The number of carbonyl (C=O) groups is 2. The number of halogens is 1. The van der Waals surface area contributed by atoms with Crippen molar-refractivity contribution in [2.24, 2.45) is 0 Å². The number of hydrogen-bond donors (Lipinski definition) is 2. The van der Waals surface area contributed by atoms with Crippen LogP contribution in [0.25, 0.3) is 6.08 Å². The maximum Gasteiger partial charge on any atom is 0.291 e. The van der Waals surface area contributed by atoms with Crippen LogP contribution in [-0.4, -0.2) is 11.8 Å². The van der Waals surface area contributed by atoms with E-state index >= 15 is 0 Å². The number of ether oxygens (including phenoxy) is 1. The maximum atomic E-state index is 13.2. The Hall–Kier alpha value is -3.93. The molecule has 0 aromatic heterocycles. The number of benzene rings is 3. The zero-order chi connectivity index (χ0) is 20.2. The summed E-state index contributed by atoms with van der Waals surface area (Å²) in [7, 11) is 0. The molecule has 0 bridgehead atoms. The maximum absolute atomic E-state index is 13.2. The van der Waals surface area contributed by atoms with Crippen molar-refractivity contribution >= 4 is 23.6 Å². The number of rotatable bonds is 4. The van der Waals surface area contributed by atoms with Crippen LogP contribution in [0.2, 0.25) is 0 Å². The highest BCUT2D eigenvalue weighted by molar-refractivity contribution is 6.09. The lowest BCUT2D eigenvalue weighted by Gasteiger charge is -2.20. The number of nitrogens with one attached hydrogen (secondary N) is 2. The molecule has 0 spiro atoms. The summed E-state index contributed by atoms with van der Waals surface area (Å²) in [5.74, 6) is -0.458. The van der Waals surface area contributed by atoms with Gasteiger partial charge in [-0.25, -0.2) is 4.39 Å². The first kappa shape index (κ1) is 18.4. The lowest BCUT2D eigenvalue weighted by Crippen LogP contribution is -2.25. The minimum atomic E-state index is -0.390. The van der Waals surface area contributed by atoms with Crippen LogP contribution in [0.15, 0.2) is 78.6 Å². The van der Waals surface area contributed by atoms with Crippen LogP contribution in [0.4, 0.5) is 10.1 Å². The summed E-state index contributed by atoms with van der Waals surface area (Å²) >= 11 is 0. The van der Waals surface area contributed by atoms with Crippen LogP contribution < -0.4 is 15.4 Å². The summed E-state index contributed by atoms with van der Waals surface area (Å²) in [6, 6.07) is 20.2. The Morgan fingerprint density at radius 3 is 2.66 bits per heavy atom. The van der Waals surface area contributed by atoms with Gasteiger partial charge in [-0.1, -0.05) is 42.5 Å². The Morgan fingerprint density at radius 1 is 1.03 bits per heavy atom. The summed E-state index contributed by atoms with van der Waals surface area (Å²) in [5.41, 5.74) is 2.27. The van der Waals surface area contributed by atoms with E-state index in [4.69, 9.17) is 4.74 Å². The van der Waals surface area contributed by atoms with Crippen LogP contribution in [0.1, 0.15) is 21.5 Å². The minimum Gasteiger partial charge on any atom is -0.449 e. The highest BCUT2D eigenvalue weighted by Crippen LogP contribution is 2.32. The van der Waals surface area contributed by atoms with Gasteiger partial charge in [-0.3, -0.25) is 9.59 Å². The number of carbonyl (C=O) groups excluding carboxylic acids is 2. The van der Waals surface area contributed by atoms with E-state index in [2.05, 4.69) is 10.6 Å². The van der Waals surface area contributed by atoms with Crippen molar-refractivity contribution in [3.63, 3.8) is 0 Å². The summed E-state index contributed by atoms with van der Waals surface area (Å²) in [5, 5.41) is 5.48. The molecule has 4 rings (SSSR count). The van der Waals surface area contributed by atoms with Crippen LogP contribution in [0, 0.1) is 5.82 Å². The minimum absolute atomic E-state index is 0.173. The molecule has 0 radical (unpaired) electrons. The first-order valence-corrected chi connectivity index (χ1v) is 9.01. The van der Waals surface area contributed by atoms with Gasteiger partial charge in [0.2, 0.25) is 0 Å². The van der Waals surface area contributed by atoms with Gasteiger partial charge in [0.05, 0.1) is 5.69 Å². The van der Waals surface area contributed by atoms with Crippen LogP contribution >= 0.6 is 0 Å². The topological polar surface area (TPSA) is 67.4 Å². The molecular weight excluding hydrogens is 371 g/mol. The first-order valence-electron chi connectivity index (χ1n) is 9.01. The predicted molar refractivity (Wildman–Crippen MR) is 108 cm³/mol. The Bertz CT molecular complexity index is 1110. The molecule has 1 heterocycles. The van der Waals surface area contributed by atoms with Gasteiger partial charge in [-0.15, -0.1) is 0 Å². The highest BCUT2D eigenvalue weighted by Gasteiger charge is 2.23. The quantitative estimate of drug-likeness (QED) is 0.661. The highest BCUT2D eigenvalue weighted by atomic mass is 19.1. The van der Waals surface area contributed by atoms with Crippen molar-refractivity contribution in [2.75, 3.05) is 5.32 Å². The van der Waals surface area contributed by atoms with Crippen molar-refractivity contribution in [1.29, 1.82) is 0 Å². The third-order valence-corrected chi connectivity index (χ3v) is 4.37. The van der Waals surface area contributed by atoms with Crippen molar-refractivity contribution in [3.05, 3.63) is 101 Å². The second kappa shape index (κ2) is 7.98. The lowest BCUT2D eigenvalue weighted by atomic mass is 10.1. The fourth-order valence-electron chi connectivity index (χ4n) is 2.93. The third kappa shape index (κ3) is 4.32. The van der Waals surface area contributed by atoms with Crippen molar-refractivity contribution in [2.45, 2.75) is 6.54 Å². The van der Waals surface area contributed by atoms with Gasteiger partial charge < -0.3 is 15.4 Å². The van der Waals surface area contributed by atoms with Gasteiger partial charge in [-0.2, -0.15) is 0 Å². The van der Waals surface area contributed by atoms with Gasteiger partial charge in [0.25, 0.3) is 11.8 Å². The van der Waals surface area contributed by atoms with Gasteiger partial charge in [0.1, 0.15) is 5.82 Å². The summed E-state index contributed by atoms with van der Waals surface area (Å²) in [6.07, 6.45) is 1.65. The summed E-state index contributed by atoms with van der Waals surface area (Å²) < 4.78 is 18.9. The molecule has 2 amide bonds. The molecule has 0 unspecified atom stereocenters. The fraction of sp³-hybridized carbons (Fsp3) is 0.0435. The largest absolute Gasteiger partial charge is 0.449 e. The summed E-state index contributed by atoms with van der Waals surface area (Å²) in [4.78, 5) is 24.8. The molecule has 2 N–H and O–H groups in total. The molecule has 0 atom stereocenters. The van der Waals surface area contributed by atoms with Crippen LogP contribution in [0.3, 0.4) is 0 Å². The lowest BCUT2D eigenvalue weighted by molar-refractivity contribution is -0.115. The Morgan fingerprint density at radius 2 is 1.86 bits per heavy atom. The van der Waals surface area contributed by atoms with Crippen molar-refractivity contribution < 1.29 is 18.7 Å². The van der Waals surface area contributed by atoms with E-state index in [9.17, 15) is 14.0 Å². The number of anilines is 1. The standard InChI is InChI=1S/C23H17FN2O3/c24-18-8-4-7-16(11-18)14-25-22(27)17-9-10-20-19(13-17)26-23(28)21(29-20)12-15-5-2-1-3-6-15/h1-13H,14H2,(H,25,27)(H,26,28). The molecule has 5 nitrogen and oxygen atoms in total. The van der Waals surface area contributed by atoms with E-state index in [1.54, 1.807) is 36.4 Å². The van der Waals surface area contributed by atoms with Crippen molar-refractivity contribution in [1.82, 2.24) is 5.32 Å². The van der Waals surface area contributed by atoms with Crippen molar-refractivity contribution in [3.8, 4) is 5.75 Å². The molecule has 29 heavy (non-hydrogen) atoms. The normalized spacial score (nSPS) is 14.0. The van der Waals surface area contributed by atoms with E-state index in [0.717, 1.165) is 5.56 Å². The molecule has 1 aliphatic rings. The molecule has 144 valence electrons. The van der Waals surface area contributed by atoms with Gasteiger partial charge in [0, 0.05) is 12.1 Å². The van der Waals surface area contributed by atoms with E-state index in [1.807, 2.05) is 30.3 Å². The SMILES string of the molecule is O=C1Nc2cc(C(=O)NCc3cccc(F)c3)ccc2OC1=Cc1ccccc1. The molecule has 0 saturated carbocycles. The van der Waals surface area contributed by atoms with Gasteiger partial charge >= 0.3 is 0 Å². The molecular formula is C23H17FN2O3. The van der Waals surface area contributed by atoms with Gasteiger partial charge in [0.15, 0.2) is 11.5 Å². The van der Waals surface area contributed by atoms with Crippen LogP contribution in [0.5, 0.6) is 5.75 Å². The molecule has 1 aliphatic heterocycles.